The summed E-state index contributed by atoms with van der Waals surface area (Å²) in [6.45, 7) is 2.13. The van der Waals surface area contributed by atoms with Crippen molar-refractivity contribution in [1.29, 1.82) is 0 Å². The van der Waals surface area contributed by atoms with Crippen LogP contribution in [-0.4, -0.2) is 25.5 Å². The average molecular weight is 365 g/mol. The maximum absolute atomic E-state index is 11.8. The number of nitrogens with one attached hydrogen (secondary N) is 2. The third-order valence-corrected chi connectivity index (χ3v) is 4.10. The summed E-state index contributed by atoms with van der Waals surface area (Å²) in [5.74, 6) is 0.0623. The summed E-state index contributed by atoms with van der Waals surface area (Å²) in [4.78, 5) is 11.8. The van der Waals surface area contributed by atoms with Crippen molar-refractivity contribution < 1.29 is 4.79 Å². The maximum atomic E-state index is 11.8. The zero-order valence-electron chi connectivity index (χ0n) is 13.5. The molecule has 0 aliphatic heterocycles. The van der Waals surface area contributed by atoms with Crippen LogP contribution in [0.5, 0.6) is 0 Å². The smallest absolute Gasteiger partial charge is 0.221 e. The standard InChI is InChI=1S/C19H22Cl2N2O/c20-17-5-1-3-15(13-17)7-10-22-11-9-19(24)23-12-8-16-4-2-6-18(21)14-16/h1-6,13-14,22H,7-12H2,(H,23,24). The van der Waals surface area contributed by atoms with Gasteiger partial charge in [-0.15, -0.1) is 0 Å². The van der Waals surface area contributed by atoms with Crippen LogP contribution in [0.1, 0.15) is 17.5 Å². The minimum absolute atomic E-state index is 0.0623. The van der Waals surface area contributed by atoms with Crippen LogP contribution in [0.15, 0.2) is 48.5 Å². The Morgan fingerprint density at radius 3 is 2.00 bits per heavy atom. The Bertz CT molecular complexity index is 661. The van der Waals surface area contributed by atoms with Crippen molar-refractivity contribution in [2.75, 3.05) is 19.6 Å². The van der Waals surface area contributed by atoms with Gasteiger partial charge in [-0.2, -0.15) is 0 Å². The van der Waals surface area contributed by atoms with Crippen LogP contribution in [0, 0.1) is 0 Å². The lowest BCUT2D eigenvalue weighted by atomic mass is 10.1. The van der Waals surface area contributed by atoms with E-state index in [2.05, 4.69) is 16.7 Å². The lowest BCUT2D eigenvalue weighted by Crippen LogP contribution is -2.29. The molecule has 0 saturated heterocycles. The van der Waals surface area contributed by atoms with Crippen LogP contribution < -0.4 is 10.6 Å². The van der Waals surface area contributed by atoms with Crippen LogP contribution in [-0.2, 0) is 17.6 Å². The third kappa shape index (κ3) is 7.35. The monoisotopic (exact) mass is 364 g/mol. The zero-order chi connectivity index (χ0) is 17.2. The average Bonchev–Trinajstić information content (AvgIpc) is 2.55. The molecule has 0 aromatic heterocycles. The topological polar surface area (TPSA) is 41.1 Å². The van der Waals surface area contributed by atoms with E-state index in [9.17, 15) is 4.79 Å². The van der Waals surface area contributed by atoms with E-state index in [1.165, 1.54) is 5.56 Å². The minimum Gasteiger partial charge on any atom is -0.356 e. The van der Waals surface area contributed by atoms with Crippen molar-refractivity contribution in [2.24, 2.45) is 0 Å². The van der Waals surface area contributed by atoms with Gasteiger partial charge in [0.1, 0.15) is 0 Å². The molecular weight excluding hydrogens is 343 g/mol. The van der Waals surface area contributed by atoms with E-state index in [-0.39, 0.29) is 5.91 Å². The maximum Gasteiger partial charge on any atom is 0.221 e. The predicted molar refractivity (Wildman–Crippen MR) is 101 cm³/mol. The highest BCUT2D eigenvalue weighted by Crippen LogP contribution is 2.11. The molecule has 0 heterocycles. The predicted octanol–water partition coefficient (Wildman–Crippen LogP) is 3.87. The molecular formula is C19H22Cl2N2O. The first-order valence-corrected chi connectivity index (χ1v) is 8.85. The highest BCUT2D eigenvalue weighted by Gasteiger charge is 2.01. The molecule has 2 aromatic rings. The summed E-state index contributed by atoms with van der Waals surface area (Å²) in [6.07, 6.45) is 2.16. The fraction of sp³-hybridized carbons (Fsp3) is 0.316. The van der Waals surface area contributed by atoms with E-state index in [1.807, 2.05) is 42.5 Å². The van der Waals surface area contributed by atoms with E-state index in [4.69, 9.17) is 23.2 Å². The molecule has 1 amide bonds. The fourth-order valence-electron chi connectivity index (χ4n) is 2.38. The summed E-state index contributed by atoms with van der Waals surface area (Å²) < 4.78 is 0. The molecule has 0 spiro atoms. The molecule has 2 rings (SSSR count). The van der Waals surface area contributed by atoms with Gasteiger partial charge in [0.25, 0.3) is 0 Å². The number of carbonyl (C=O) groups excluding carboxylic acids is 1. The molecule has 0 saturated carbocycles. The number of halogens is 2. The van der Waals surface area contributed by atoms with Gasteiger partial charge in [-0.1, -0.05) is 47.5 Å². The van der Waals surface area contributed by atoms with Gasteiger partial charge in [-0.05, 0) is 54.8 Å². The molecule has 0 unspecified atom stereocenters. The number of carbonyl (C=O) groups is 1. The quantitative estimate of drug-likeness (QED) is 0.663. The first kappa shape index (κ1) is 18.8. The molecule has 0 fully saturated rings. The van der Waals surface area contributed by atoms with E-state index in [1.54, 1.807) is 0 Å². The van der Waals surface area contributed by atoms with Crippen molar-refractivity contribution in [3.63, 3.8) is 0 Å². The summed E-state index contributed by atoms with van der Waals surface area (Å²) in [5.41, 5.74) is 2.32. The molecule has 2 N–H and O–H groups in total. The van der Waals surface area contributed by atoms with Crippen molar-refractivity contribution in [3.8, 4) is 0 Å². The van der Waals surface area contributed by atoms with Gasteiger partial charge in [-0.3, -0.25) is 4.79 Å². The van der Waals surface area contributed by atoms with E-state index in [0.29, 0.717) is 19.5 Å². The van der Waals surface area contributed by atoms with Gasteiger partial charge in [0, 0.05) is 29.6 Å². The molecule has 0 bridgehead atoms. The Morgan fingerprint density at radius 2 is 1.42 bits per heavy atom. The highest BCUT2D eigenvalue weighted by molar-refractivity contribution is 6.30. The Hall–Kier alpha value is -1.55. The lowest BCUT2D eigenvalue weighted by molar-refractivity contribution is -0.120. The number of benzene rings is 2. The zero-order valence-corrected chi connectivity index (χ0v) is 15.0. The van der Waals surface area contributed by atoms with Gasteiger partial charge in [0.15, 0.2) is 0 Å². The summed E-state index contributed by atoms with van der Waals surface area (Å²) in [7, 11) is 0. The fourth-order valence-corrected chi connectivity index (χ4v) is 2.81. The van der Waals surface area contributed by atoms with Crippen molar-refractivity contribution in [2.45, 2.75) is 19.3 Å². The van der Waals surface area contributed by atoms with Crippen LogP contribution >= 0.6 is 23.2 Å². The van der Waals surface area contributed by atoms with Gasteiger partial charge in [0.05, 0.1) is 0 Å². The normalized spacial score (nSPS) is 10.6. The Kier molecular flexibility index (Phi) is 8.10. The largest absolute Gasteiger partial charge is 0.356 e. The van der Waals surface area contributed by atoms with E-state index >= 15 is 0 Å². The van der Waals surface area contributed by atoms with Gasteiger partial charge in [-0.25, -0.2) is 0 Å². The number of hydrogen-bond donors (Lipinski definition) is 2. The third-order valence-electron chi connectivity index (χ3n) is 3.63. The first-order chi connectivity index (χ1) is 11.6. The summed E-state index contributed by atoms with van der Waals surface area (Å²) in [5, 5.41) is 7.69. The van der Waals surface area contributed by atoms with Crippen LogP contribution in [0.25, 0.3) is 0 Å². The second-order valence-electron chi connectivity index (χ2n) is 5.61. The number of rotatable bonds is 9. The lowest BCUT2D eigenvalue weighted by Gasteiger charge is -2.07. The Balaban J connectivity index is 1.53. The number of amides is 1. The molecule has 0 aliphatic carbocycles. The molecule has 5 heteroatoms. The highest BCUT2D eigenvalue weighted by atomic mass is 35.5. The van der Waals surface area contributed by atoms with Crippen LogP contribution in [0.4, 0.5) is 0 Å². The molecule has 0 aliphatic rings. The van der Waals surface area contributed by atoms with Crippen molar-refractivity contribution in [1.82, 2.24) is 10.6 Å². The minimum atomic E-state index is 0.0623. The Morgan fingerprint density at radius 1 is 0.833 bits per heavy atom. The number of hydrogen-bond acceptors (Lipinski definition) is 2. The van der Waals surface area contributed by atoms with Crippen LogP contribution in [0.2, 0.25) is 10.0 Å². The summed E-state index contributed by atoms with van der Waals surface area (Å²) in [6, 6.07) is 15.5. The van der Waals surface area contributed by atoms with Crippen molar-refractivity contribution >= 4 is 29.1 Å². The van der Waals surface area contributed by atoms with Gasteiger partial charge >= 0.3 is 0 Å². The first-order valence-electron chi connectivity index (χ1n) is 8.10. The molecule has 3 nitrogen and oxygen atoms in total. The molecule has 0 atom stereocenters. The Labute approximate surface area is 153 Å². The van der Waals surface area contributed by atoms with Crippen molar-refractivity contribution in [3.05, 3.63) is 69.7 Å². The SMILES string of the molecule is O=C(CCNCCc1cccc(Cl)c1)NCCc1cccc(Cl)c1. The summed E-state index contributed by atoms with van der Waals surface area (Å²) >= 11 is 11.9. The molecule has 128 valence electrons. The van der Waals surface area contributed by atoms with E-state index < -0.39 is 0 Å². The van der Waals surface area contributed by atoms with Gasteiger partial charge < -0.3 is 10.6 Å². The second-order valence-corrected chi connectivity index (χ2v) is 6.48. The van der Waals surface area contributed by atoms with Gasteiger partial charge in [0.2, 0.25) is 5.91 Å². The van der Waals surface area contributed by atoms with Crippen LogP contribution in [0.3, 0.4) is 0 Å². The second kappa shape index (κ2) is 10.3. The molecule has 24 heavy (non-hydrogen) atoms. The molecule has 2 aromatic carbocycles. The molecule has 0 radical (unpaired) electrons. The van der Waals surface area contributed by atoms with E-state index in [0.717, 1.165) is 35.0 Å².